The van der Waals surface area contributed by atoms with Crippen LogP contribution in [0.2, 0.25) is 0 Å². The molecule has 1 aliphatic rings. The lowest BCUT2D eigenvalue weighted by atomic mass is 9.94. The Kier molecular flexibility index (Phi) is 12.4. The molecule has 0 aromatic heterocycles. The van der Waals surface area contributed by atoms with Crippen LogP contribution in [0.4, 0.5) is 5.69 Å². The van der Waals surface area contributed by atoms with Crippen LogP contribution < -0.4 is 14.4 Å². The van der Waals surface area contributed by atoms with E-state index in [1.807, 2.05) is 79.9 Å². The molecule has 0 unspecified atom stereocenters. The fraction of sp³-hybridized carbons (Fsp3) is 0.333. The summed E-state index contributed by atoms with van der Waals surface area (Å²) in [5.41, 5.74) is 2.97. The second-order valence-corrected chi connectivity index (χ2v) is 15.2. The molecule has 10 heteroatoms. The van der Waals surface area contributed by atoms with Crippen LogP contribution in [0.25, 0.3) is 0 Å². The van der Waals surface area contributed by atoms with Gasteiger partial charge in [0.05, 0.1) is 17.7 Å². The normalized spacial score (nSPS) is 14.1. The Morgan fingerprint density at radius 3 is 2.20 bits per heavy atom. The second-order valence-electron chi connectivity index (χ2n) is 12.4. The van der Waals surface area contributed by atoms with Crippen LogP contribution in [0.5, 0.6) is 5.75 Å². The summed E-state index contributed by atoms with van der Waals surface area (Å²) < 4.78 is 35.3. The van der Waals surface area contributed by atoms with Gasteiger partial charge in [-0.25, -0.2) is 8.42 Å². The van der Waals surface area contributed by atoms with Gasteiger partial charge in [-0.2, -0.15) is 0 Å². The zero-order valence-corrected chi connectivity index (χ0v) is 30.0. The first-order valence-electron chi connectivity index (χ1n) is 16.7. The number of carbonyl (C=O) groups excluding carboxylic acids is 2. The summed E-state index contributed by atoms with van der Waals surface area (Å²) in [5.74, 6) is -0.120. The van der Waals surface area contributed by atoms with E-state index in [2.05, 4.69) is 5.32 Å². The topological polar surface area (TPSA) is 96.0 Å². The van der Waals surface area contributed by atoms with Crippen LogP contribution >= 0.6 is 11.8 Å². The lowest BCUT2D eigenvalue weighted by Gasteiger charge is -2.35. The summed E-state index contributed by atoms with van der Waals surface area (Å²) in [5, 5.41) is 3.25. The lowest BCUT2D eigenvalue weighted by Crippen LogP contribution is -2.55. The van der Waals surface area contributed by atoms with Crippen LogP contribution in [-0.2, 0) is 32.6 Å². The van der Waals surface area contributed by atoms with Gasteiger partial charge in [0.15, 0.2) is 0 Å². The molecular formula is C39H45N3O5S2. The Hall–Kier alpha value is -4.28. The van der Waals surface area contributed by atoms with Crippen LogP contribution in [-0.4, -0.2) is 57.1 Å². The van der Waals surface area contributed by atoms with Gasteiger partial charge in [-0.05, 0) is 85.7 Å². The number of amides is 2. The summed E-state index contributed by atoms with van der Waals surface area (Å²) in [4.78, 5) is 31.6. The average molecular weight is 700 g/mol. The zero-order chi connectivity index (χ0) is 34.8. The third-order valence-electron chi connectivity index (χ3n) is 8.96. The van der Waals surface area contributed by atoms with Gasteiger partial charge in [-0.3, -0.25) is 13.9 Å². The Morgan fingerprint density at radius 1 is 0.878 bits per heavy atom. The monoisotopic (exact) mass is 699 g/mol. The van der Waals surface area contributed by atoms with Crippen molar-refractivity contribution >= 4 is 39.3 Å². The van der Waals surface area contributed by atoms with Crippen molar-refractivity contribution in [3.63, 3.8) is 0 Å². The molecule has 4 aromatic rings. The highest BCUT2D eigenvalue weighted by Gasteiger charge is 2.35. The number of hydrogen-bond acceptors (Lipinski definition) is 6. The summed E-state index contributed by atoms with van der Waals surface area (Å²) in [6.45, 7) is 1.50. The molecule has 4 aromatic carbocycles. The molecule has 49 heavy (non-hydrogen) atoms. The van der Waals surface area contributed by atoms with Crippen molar-refractivity contribution in [2.75, 3.05) is 24.2 Å². The molecule has 1 fully saturated rings. The molecular weight excluding hydrogens is 655 g/mol. The fourth-order valence-electron chi connectivity index (χ4n) is 6.18. The Labute approximate surface area is 294 Å². The SMILES string of the molecule is COc1cccc(CN(C(=O)CN(c2ccc(C)cc2)S(=O)(=O)c2ccc(SC)cc2)[C@H](Cc2ccccc2)C(=O)NC2CCCCC2)c1. The molecule has 0 radical (unpaired) electrons. The number of nitrogens with one attached hydrogen (secondary N) is 1. The van der Waals surface area contributed by atoms with E-state index in [0.717, 1.165) is 58.0 Å². The van der Waals surface area contributed by atoms with Gasteiger partial charge in [-0.15, -0.1) is 11.8 Å². The van der Waals surface area contributed by atoms with Crippen molar-refractivity contribution < 1.29 is 22.7 Å². The minimum Gasteiger partial charge on any atom is -0.497 e. The molecule has 258 valence electrons. The van der Waals surface area contributed by atoms with E-state index >= 15 is 0 Å². The van der Waals surface area contributed by atoms with Crippen LogP contribution in [0.15, 0.2) is 113 Å². The first-order valence-corrected chi connectivity index (χ1v) is 19.3. The smallest absolute Gasteiger partial charge is 0.264 e. The zero-order valence-electron chi connectivity index (χ0n) is 28.4. The number of nitrogens with zero attached hydrogens (tertiary/aromatic N) is 2. The molecule has 1 saturated carbocycles. The third kappa shape index (κ3) is 9.45. The van der Waals surface area contributed by atoms with Crippen molar-refractivity contribution in [3.05, 3.63) is 120 Å². The Morgan fingerprint density at radius 2 is 1.55 bits per heavy atom. The van der Waals surface area contributed by atoms with Crippen molar-refractivity contribution in [2.24, 2.45) is 0 Å². The minimum absolute atomic E-state index is 0.0296. The fourth-order valence-corrected chi connectivity index (χ4v) is 8.00. The molecule has 1 atom stereocenters. The molecule has 8 nitrogen and oxygen atoms in total. The number of aryl methyl sites for hydroxylation is 1. The van der Waals surface area contributed by atoms with Crippen LogP contribution in [0, 0.1) is 6.92 Å². The molecule has 5 rings (SSSR count). The highest BCUT2D eigenvalue weighted by atomic mass is 32.2. The first kappa shape index (κ1) is 36.0. The summed E-state index contributed by atoms with van der Waals surface area (Å²) in [6.07, 6.45) is 7.20. The van der Waals surface area contributed by atoms with Gasteiger partial charge in [-0.1, -0.05) is 79.4 Å². The van der Waals surface area contributed by atoms with Crippen molar-refractivity contribution in [2.45, 2.75) is 73.9 Å². The maximum absolute atomic E-state index is 14.8. The van der Waals surface area contributed by atoms with Gasteiger partial charge in [0.1, 0.15) is 18.3 Å². The highest BCUT2D eigenvalue weighted by Crippen LogP contribution is 2.28. The second kappa shape index (κ2) is 16.9. The van der Waals surface area contributed by atoms with Crippen molar-refractivity contribution in [1.82, 2.24) is 10.2 Å². The maximum atomic E-state index is 14.8. The molecule has 0 heterocycles. The average Bonchev–Trinajstić information content (AvgIpc) is 3.13. The van der Waals surface area contributed by atoms with Gasteiger partial charge in [0.2, 0.25) is 11.8 Å². The summed E-state index contributed by atoms with van der Waals surface area (Å²) >= 11 is 1.52. The van der Waals surface area contributed by atoms with Crippen molar-refractivity contribution in [1.29, 1.82) is 0 Å². The number of ether oxygens (including phenoxy) is 1. The number of thioether (sulfide) groups is 1. The van der Waals surface area contributed by atoms with Crippen LogP contribution in [0.3, 0.4) is 0 Å². The third-order valence-corrected chi connectivity index (χ3v) is 11.5. The van der Waals surface area contributed by atoms with E-state index in [9.17, 15) is 18.0 Å². The highest BCUT2D eigenvalue weighted by molar-refractivity contribution is 7.98. The number of anilines is 1. The molecule has 2 amide bonds. The molecule has 1 N–H and O–H groups in total. The van der Waals surface area contributed by atoms with E-state index < -0.39 is 28.5 Å². The van der Waals surface area contributed by atoms with E-state index in [-0.39, 0.29) is 29.8 Å². The van der Waals surface area contributed by atoms with E-state index in [4.69, 9.17) is 4.74 Å². The predicted octanol–water partition coefficient (Wildman–Crippen LogP) is 7.01. The number of methoxy groups -OCH3 is 1. The number of sulfonamides is 1. The Bertz CT molecular complexity index is 1790. The largest absolute Gasteiger partial charge is 0.497 e. The van der Waals surface area contributed by atoms with E-state index in [1.165, 1.54) is 16.7 Å². The first-order chi connectivity index (χ1) is 23.7. The standard InChI is InChI=1S/C39H45N3O5S2/c1-29-17-19-33(20-18-29)42(49(45,46)36-23-21-35(48-3)22-24-36)28-38(43)41(27-31-13-10-16-34(25-31)47-2)37(26-30-11-6-4-7-12-30)39(44)40-32-14-8-5-9-15-32/h4,6-7,10-13,16-25,32,37H,5,8-9,14-15,26-28H2,1-3H3,(H,40,44)/t37-/m1/s1. The number of benzene rings is 4. The summed E-state index contributed by atoms with van der Waals surface area (Å²) in [7, 11) is -2.60. The minimum atomic E-state index is -4.18. The number of hydrogen-bond donors (Lipinski definition) is 1. The lowest BCUT2D eigenvalue weighted by molar-refractivity contribution is -0.140. The summed E-state index contributed by atoms with van der Waals surface area (Å²) in [6, 6.07) is 29.8. The molecule has 0 spiro atoms. The molecule has 1 aliphatic carbocycles. The predicted molar refractivity (Wildman–Crippen MR) is 196 cm³/mol. The molecule has 0 saturated heterocycles. The molecule has 0 bridgehead atoms. The van der Waals surface area contributed by atoms with Gasteiger partial charge >= 0.3 is 0 Å². The maximum Gasteiger partial charge on any atom is 0.264 e. The van der Waals surface area contributed by atoms with E-state index in [1.54, 1.807) is 43.5 Å². The number of rotatable bonds is 14. The number of carbonyl (C=O) groups is 2. The van der Waals surface area contributed by atoms with Gasteiger partial charge < -0.3 is 15.0 Å². The molecule has 0 aliphatic heterocycles. The van der Waals surface area contributed by atoms with Gasteiger partial charge in [0, 0.05) is 23.9 Å². The van der Waals surface area contributed by atoms with Crippen molar-refractivity contribution in [3.8, 4) is 5.75 Å². The van der Waals surface area contributed by atoms with E-state index in [0.29, 0.717) is 11.4 Å². The Balaban J connectivity index is 1.57. The quantitative estimate of drug-likeness (QED) is 0.142. The van der Waals surface area contributed by atoms with Gasteiger partial charge in [0.25, 0.3) is 10.0 Å². The van der Waals surface area contributed by atoms with Crippen LogP contribution in [0.1, 0.15) is 48.8 Å².